The Morgan fingerprint density at radius 1 is 0.806 bits per heavy atom. The SMILES string of the molecule is Cc1cc(-c2ncnc3cc(-c4cccnc4)ccc23)c2oc3cccc(C)c3c2c1. The molecular formula is C27H19N3O. The van der Waals surface area contributed by atoms with E-state index < -0.39 is 0 Å². The summed E-state index contributed by atoms with van der Waals surface area (Å²) in [6, 6.07) is 20.8. The third-order valence-electron chi connectivity index (χ3n) is 5.84. The molecule has 3 aromatic carbocycles. The molecule has 148 valence electrons. The molecule has 0 unspecified atom stereocenters. The first-order valence-corrected chi connectivity index (χ1v) is 10.3. The summed E-state index contributed by atoms with van der Waals surface area (Å²) in [4.78, 5) is 13.5. The van der Waals surface area contributed by atoms with Crippen molar-refractivity contribution in [2.45, 2.75) is 13.8 Å². The van der Waals surface area contributed by atoms with Crippen LogP contribution in [0.5, 0.6) is 0 Å². The van der Waals surface area contributed by atoms with Crippen molar-refractivity contribution in [3.05, 3.63) is 90.5 Å². The lowest BCUT2D eigenvalue weighted by Gasteiger charge is -2.09. The molecule has 6 aromatic rings. The number of aryl methyl sites for hydroxylation is 2. The number of rotatable bonds is 2. The predicted molar refractivity (Wildman–Crippen MR) is 125 cm³/mol. The zero-order valence-electron chi connectivity index (χ0n) is 17.3. The lowest BCUT2D eigenvalue weighted by atomic mass is 9.98. The molecule has 0 aliphatic carbocycles. The molecule has 0 atom stereocenters. The van der Waals surface area contributed by atoms with Crippen LogP contribution in [0.4, 0.5) is 0 Å². The third kappa shape index (κ3) is 2.80. The van der Waals surface area contributed by atoms with Gasteiger partial charge in [-0.2, -0.15) is 0 Å². The van der Waals surface area contributed by atoms with Crippen LogP contribution >= 0.6 is 0 Å². The summed E-state index contributed by atoms with van der Waals surface area (Å²) in [6.07, 6.45) is 5.28. The van der Waals surface area contributed by atoms with E-state index in [1.54, 1.807) is 12.5 Å². The number of furan rings is 1. The highest BCUT2D eigenvalue weighted by Gasteiger charge is 2.17. The molecule has 0 spiro atoms. The Bertz CT molecular complexity index is 1600. The molecule has 0 saturated heterocycles. The first kappa shape index (κ1) is 17.8. The van der Waals surface area contributed by atoms with E-state index in [0.29, 0.717) is 0 Å². The molecule has 3 heterocycles. The maximum atomic E-state index is 6.35. The minimum atomic E-state index is 0.867. The van der Waals surface area contributed by atoms with E-state index in [1.165, 1.54) is 16.5 Å². The topological polar surface area (TPSA) is 51.8 Å². The van der Waals surface area contributed by atoms with E-state index in [0.717, 1.165) is 49.8 Å². The second-order valence-corrected chi connectivity index (χ2v) is 7.94. The van der Waals surface area contributed by atoms with Crippen LogP contribution in [-0.2, 0) is 0 Å². The van der Waals surface area contributed by atoms with Gasteiger partial charge in [-0.25, -0.2) is 9.97 Å². The Labute approximate surface area is 179 Å². The summed E-state index contributed by atoms with van der Waals surface area (Å²) in [5.41, 5.74) is 9.07. The Morgan fingerprint density at radius 3 is 2.61 bits per heavy atom. The highest BCUT2D eigenvalue weighted by Crippen LogP contribution is 2.39. The summed E-state index contributed by atoms with van der Waals surface area (Å²) < 4.78 is 6.35. The average Bonchev–Trinajstić information content (AvgIpc) is 3.18. The summed E-state index contributed by atoms with van der Waals surface area (Å²) in [5, 5.41) is 3.29. The monoisotopic (exact) mass is 401 g/mol. The van der Waals surface area contributed by atoms with Crippen molar-refractivity contribution >= 4 is 32.8 Å². The molecule has 0 amide bonds. The van der Waals surface area contributed by atoms with Gasteiger partial charge >= 0.3 is 0 Å². The van der Waals surface area contributed by atoms with E-state index in [-0.39, 0.29) is 0 Å². The molecule has 3 aromatic heterocycles. The molecule has 0 bridgehead atoms. The number of hydrogen-bond donors (Lipinski definition) is 0. The largest absolute Gasteiger partial charge is 0.455 e. The second-order valence-electron chi connectivity index (χ2n) is 7.94. The average molecular weight is 401 g/mol. The molecule has 31 heavy (non-hydrogen) atoms. The Kier molecular flexibility index (Phi) is 3.87. The summed E-state index contributed by atoms with van der Waals surface area (Å²) in [5.74, 6) is 0. The first-order valence-electron chi connectivity index (χ1n) is 10.3. The van der Waals surface area contributed by atoms with Crippen LogP contribution in [0.25, 0.3) is 55.2 Å². The molecule has 0 aliphatic heterocycles. The van der Waals surface area contributed by atoms with Crippen LogP contribution in [0.1, 0.15) is 11.1 Å². The summed E-state index contributed by atoms with van der Waals surface area (Å²) >= 11 is 0. The van der Waals surface area contributed by atoms with Crippen LogP contribution in [0.3, 0.4) is 0 Å². The highest BCUT2D eigenvalue weighted by atomic mass is 16.3. The number of benzene rings is 3. The fourth-order valence-electron chi connectivity index (χ4n) is 4.41. The summed E-state index contributed by atoms with van der Waals surface area (Å²) in [7, 11) is 0. The molecule has 4 nitrogen and oxygen atoms in total. The minimum Gasteiger partial charge on any atom is -0.455 e. The van der Waals surface area contributed by atoms with Gasteiger partial charge in [0.2, 0.25) is 0 Å². The van der Waals surface area contributed by atoms with Crippen LogP contribution < -0.4 is 0 Å². The van der Waals surface area contributed by atoms with Crippen molar-refractivity contribution in [1.82, 2.24) is 15.0 Å². The van der Waals surface area contributed by atoms with Crippen molar-refractivity contribution in [3.63, 3.8) is 0 Å². The highest BCUT2D eigenvalue weighted by molar-refractivity contribution is 6.12. The van der Waals surface area contributed by atoms with E-state index in [1.807, 2.05) is 24.4 Å². The van der Waals surface area contributed by atoms with E-state index in [9.17, 15) is 0 Å². The number of fused-ring (bicyclic) bond motifs is 4. The zero-order chi connectivity index (χ0) is 20.9. The van der Waals surface area contributed by atoms with Gasteiger partial charge < -0.3 is 4.42 Å². The fourth-order valence-corrected chi connectivity index (χ4v) is 4.41. The van der Waals surface area contributed by atoms with Crippen molar-refractivity contribution in [2.75, 3.05) is 0 Å². The Hall–Kier alpha value is -4.05. The van der Waals surface area contributed by atoms with Gasteiger partial charge in [-0.1, -0.05) is 24.3 Å². The summed E-state index contributed by atoms with van der Waals surface area (Å²) in [6.45, 7) is 4.24. The lowest BCUT2D eigenvalue weighted by molar-refractivity contribution is 0.669. The van der Waals surface area contributed by atoms with Gasteiger partial charge in [0.1, 0.15) is 17.5 Å². The smallest absolute Gasteiger partial charge is 0.144 e. The van der Waals surface area contributed by atoms with Gasteiger partial charge in [0, 0.05) is 39.7 Å². The van der Waals surface area contributed by atoms with Crippen molar-refractivity contribution < 1.29 is 4.42 Å². The van der Waals surface area contributed by atoms with Crippen LogP contribution in [0, 0.1) is 13.8 Å². The van der Waals surface area contributed by atoms with Crippen molar-refractivity contribution in [2.24, 2.45) is 0 Å². The third-order valence-corrected chi connectivity index (χ3v) is 5.84. The molecule has 0 N–H and O–H groups in total. The first-order chi connectivity index (χ1) is 15.2. The van der Waals surface area contributed by atoms with E-state index >= 15 is 0 Å². The van der Waals surface area contributed by atoms with Gasteiger partial charge in [0.15, 0.2) is 0 Å². The van der Waals surface area contributed by atoms with Crippen LogP contribution in [0.2, 0.25) is 0 Å². The molecule has 0 saturated carbocycles. The Balaban J connectivity index is 1.63. The van der Waals surface area contributed by atoms with Gasteiger partial charge in [-0.15, -0.1) is 0 Å². The molecule has 0 radical (unpaired) electrons. The lowest BCUT2D eigenvalue weighted by Crippen LogP contribution is -1.91. The second kappa shape index (κ2) is 6.74. The van der Waals surface area contributed by atoms with Crippen molar-refractivity contribution in [3.8, 4) is 22.4 Å². The minimum absolute atomic E-state index is 0.867. The molecule has 0 fully saturated rings. The van der Waals surface area contributed by atoms with E-state index in [4.69, 9.17) is 4.42 Å². The number of hydrogen-bond acceptors (Lipinski definition) is 4. The standard InChI is InChI=1S/C27H19N3O/c1-16-11-21-25-17(2)5-3-7-24(25)31-27(21)22(12-16)26-20-9-8-18(13-23(20)29-15-30-26)19-6-4-10-28-14-19/h3-15H,1-2H3. The molecule has 0 aliphatic rings. The molecular weight excluding hydrogens is 382 g/mol. The van der Waals surface area contributed by atoms with E-state index in [2.05, 4.69) is 71.3 Å². The van der Waals surface area contributed by atoms with Gasteiger partial charge in [0.25, 0.3) is 0 Å². The van der Waals surface area contributed by atoms with Gasteiger partial charge in [-0.3, -0.25) is 4.98 Å². The molecule has 6 rings (SSSR count). The fraction of sp³-hybridized carbons (Fsp3) is 0.0741. The molecule has 4 heteroatoms. The maximum absolute atomic E-state index is 6.35. The van der Waals surface area contributed by atoms with Crippen LogP contribution in [0.15, 0.2) is 83.8 Å². The van der Waals surface area contributed by atoms with Gasteiger partial charge in [0.05, 0.1) is 11.2 Å². The quantitative estimate of drug-likeness (QED) is 0.317. The number of aromatic nitrogens is 3. The number of pyridine rings is 1. The van der Waals surface area contributed by atoms with Crippen LogP contribution in [-0.4, -0.2) is 15.0 Å². The number of nitrogens with zero attached hydrogens (tertiary/aromatic N) is 3. The normalized spacial score (nSPS) is 11.5. The van der Waals surface area contributed by atoms with Crippen molar-refractivity contribution in [1.29, 1.82) is 0 Å². The predicted octanol–water partition coefficient (Wildman–Crippen LogP) is 6.88. The zero-order valence-corrected chi connectivity index (χ0v) is 17.3. The Morgan fingerprint density at radius 2 is 1.74 bits per heavy atom. The maximum Gasteiger partial charge on any atom is 0.144 e. The van der Waals surface area contributed by atoms with Gasteiger partial charge in [-0.05, 0) is 66.9 Å².